The highest BCUT2D eigenvalue weighted by atomic mass is 32.1. The number of nitrogens with zero attached hydrogens (tertiary/aromatic N) is 3. The lowest BCUT2D eigenvalue weighted by Gasteiger charge is -2.40. The molecular weight excluding hydrogens is 426 g/mol. The summed E-state index contributed by atoms with van der Waals surface area (Å²) in [7, 11) is 1.60. The molecular formula is C23H25N5O3S. The van der Waals surface area contributed by atoms with Gasteiger partial charge in [-0.25, -0.2) is 0 Å². The van der Waals surface area contributed by atoms with Crippen LogP contribution in [0.15, 0.2) is 47.8 Å². The van der Waals surface area contributed by atoms with E-state index < -0.39 is 5.54 Å². The largest absolute Gasteiger partial charge is 0.350 e. The van der Waals surface area contributed by atoms with E-state index in [0.717, 1.165) is 16.0 Å². The van der Waals surface area contributed by atoms with E-state index in [0.29, 0.717) is 13.1 Å². The fraction of sp³-hybridized carbons (Fsp3) is 0.304. The van der Waals surface area contributed by atoms with Gasteiger partial charge in [0.25, 0.3) is 11.8 Å². The van der Waals surface area contributed by atoms with Crippen LogP contribution in [-0.4, -0.2) is 45.0 Å². The average molecular weight is 452 g/mol. The second-order valence-electron chi connectivity index (χ2n) is 8.14. The van der Waals surface area contributed by atoms with Gasteiger partial charge >= 0.3 is 0 Å². The maximum Gasteiger partial charge on any atom is 0.272 e. The number of hydrogen-bond donors (Lipinski definition) is 2. The van der Waals surface area contributed by atoms with Crippen molar-refractivity contribution in [2.75, 3.05) is 7.05 Å². The summed E-state index contributed by atoms with van der Waals surface area (Å²) in [4.78, 5) is 41.0. The summed E-state index contributed by atoms with van der Waals surface area (Å²) in [5.74, 6) is -0.992. The Hall–Kier alpha value is -3.46. The van der Waals surface area contributed by atoms with E-state index in [1.807, 2.05) is 48.7 Å². The van der Waals surface area contributed by atoms with Gasteiger partial charge in [0.05, 0.1) is 13.1 Å². The highest BCUT2D eigenvalue weighted by Gasteiger charge is 2.46. The van der Waals surface area contributed by atoms with Crippen LogP contribution in [0.4, 0.5) is 0 Å². The Labute approximate surface area is 190 Å². The molecule has 0 saturated carbocycles. The second-order valence-corrected chi connectivity index (χ2v) is 9.17. The standard InChI is InChI=1S/C23H25N5O3S/c1-15-6-8-16(9-7-15)12-25-22(31)23(2)14-28-19(21(30)27(23)3)11-18(26-28)20(29)24-13-17-5-4-10-32-17/h4-11H,12-14H2,1-3H3,(H,24,29)(H,25,31)/t23-/m0/s1. The first kappa shape index (κ1) is 21.8. The van der Waals surface area contributed by atoms with Crippen molar-refractivity contribution in [1.82, 2.24) is 25.3 Å². The Morgan fingerprint density at radius 1 is 1.16 bits per heavy atom. The number of carbonyl (C=O) groups excluding carboxylic acids is 3. The van der Waals surface area contributed by atoms with Crippen LogP contribution in [0.1, 0.15) is 43.9 Å². The molecule has 2 aromatic heterocycles. The highest BCUT2D eigenvalue weighted by Crippen LogP contribution is 2.26. The molecule has 4 rings (SSSR count). The normalized spacial score (nSPS) is 17.7. The number of hydrogen-bond acceptors (Lipinski definition) is 5. The van der Waals surface area contributed by atoms with E-state index in [4.69, 9.17) is 0 Å². The molecule has 0 spiro atoms. The molecule has 3 amide bonds. The van der Waals surface area contributed by atoms with Gasteiger partial charge in [-0.3, -0.25) is 19.1 Å². The minimum absolute atomic E-state index is 0.155. The molecule has 1 aliphatic rings. The number of thiophene rings is 1. The number of benzene rings is 1. The van der Waals surface area contributed by atoms with Gasteiger partial charge in [0.15, 0.2) is 5.69 Å². The van der Waals surface area contributed by atoms with E-state index in [1.54, 1.807) is 25.3 Å². The molecule has 0 radical (unpaired) electrons. The maximum atomic E-state index is 13.1. The number of aromatic nitrogens is 2. The molecule has 0 bridgehead atoms. The molecule has 0 saturated heterocycles. The van der Waals surface area contributed by atoms with Crippen molar-refractivity contribution in [3.05, 3.63) is 75.2 Å². The summed E-state index contributed by atoms with van der Waals surface area (Å²) in [5.41, 5.74) is 1.43. The first-order chi connectivity index (χ1) is 15.3. The van der Waals surface area contributed by atoms with E-state index in [1.165, 1.54) is 15.6 Å². The third-order valence-electron chi connectivity index (χ3n) is 5.80. The molecule has 1 aliphatic heterocycles. The molecule has 0 fully saturated rings. The molecule has 8 nitrogen and oxygen atoms in total. The van der Waals surface area contributed by atoms with Gasteiger partial charge in [-0.1, -0.05) is 35.9 Å². The van der Waals surface area contributed by atoms with Gasteiger partial charge in [0.1, 0.15) is 11.2 Å². The number of nitrogens with one attached hydrogen (secondary N) is 2. The SMILES string of the molecule is Cc1ccc(CNC(=O)[C@]2(C)Cn3nc(C(=O)NCc4cccs4)cc3C(=O)N2C)cc1. The van der Waals surface area contributed by atoms with Gasteiger partial charge in [0, 0.05) is 24.5 Å². The number of carbonyl (C=O) groups is 3. The van der Waals surface area contributed by atoms with Crippen molar-refractivity contribution < 1.29 is 14.4 Å². The zero-order chi connectivity index (χ0) is 22.9. The monoisotopic (exact) mass is 451 g/mol. The second kappa shape index (κ2) is 8.58. The smallest absolute Gasteiger partial charge is 0.272 e. The van der Waals surface area contributed by atoms with Crippen LogP contribution in [0.2, 0.25) is 0 Å². The van der Waals surface area contributed by atoms with Crippen molar-refractivity contribution >= 4 is 29.1 Å². The third kappa shape index (κ3) is 4.16. The van der Waals surface area contributed by atoms with Crippen molar-refractivity contribution in [3.8, 4) is 0 Å². The number of rotatable bonds is 6. The van der Waals surface area contributed by atoms with Crippen molar-refractivity contribution in [1.29, 1.82) is 0 Å². The van der Waals surface area contributed by atoms with Crippen molar-refractivity contribution in [2.24, 2.45) is 0 Å². The summed E-state index contributed by atoms with van der Waals surface area (Å²) in [6.07, 6.45) is 0. The van der Waals surface area contributed by atoms with Gasteiger partial charge in [0.2, 0.25) is 5.91 Å². The minimum Gasteiger partial charge on any atom is -0.350 e. The first-order valence-electron chi connectivity index (χ1n) is 10.3. The van der Waals surface area contributed by atoms with Crippen LogP contribution >= 0.6 is 11.3 Å². The fourth-order valence-corrected chi connectivity index (χ4v) is 4.23. The summed E-state index contributed by atoms with van der Waals surface area (Å²) in [5, 5.41) is 12.0. The quantitative estimate of drug-likeness (QED) is 0.601. The number of amides is 3. The Morgan fingerprint density at radius 3 is 2.59 bits per heavy atom. The summed E-state index contributed by atoms with van der Waals surface area (Å²) in [6, 6.07) is 13.2. The fourth-order valence-electron chi connectivity index (χ4n) is 3.59. The summed E-state index contributed by atoms with van der Waals surface area (Å²) in [6.45, 7) is 4.62. The molecule has 1 atom stereocenters. The van der Waals surface area contributed by atoms with Crippen LogP contribution < -0.4 is 10.6 Å². The van der Waals surface area contributed by atoms with Gasteiger partial charge < -0.3 is 15.5 Å². The number of likely N-dealkylation sites (N-methyl/N-ethyl adjacent to an activating group) is 1. The van der Waals surface area contributed by atoms with Crippen LogP contribution in [0.5, 0.6) is 0 Å². The molecule has 2 N–H and O–H groups in total. The van der Waals surface area contributed by atoms with E-state index in [-0.39, 0.29) is 35.7 Å². The molecule has 0 unspecified atom stereocenters. The zero-order valence-corrected chi connectivity index (χ0v) is 19.0. The number of aryl methyl sites for hydroxylation is 1. The molecule has 32 heavy (non-hydrogen) atoms. The molecule has 9 heteroatoms. The van der Waals surface area contributed by atoms with Crippen LogP contribution in [0, 0.1) is 6.92 Å². The molecule has 166 valence electrons. The predicted octanol–water partition coefficient (Wildman–Crippen LogP) is 2.34. The maximum absolute atomic E-state index is 13.1. The summed E-state index contributed by atoms with van der Waals surface area (Å²) < 4.78 is 1.45. The van der Waals surface area contributed by atoms with Gasteiger partial charge in [-0.15, -0.1) is 11.3 Å². The highest BCUT2D eigenvalue weighted by molar-refractivity contribution is 7.09. The van der Waals surface area contributed by atoms with Gasteiger partial charge in [-0.2, -0.15) is 5.10 Å². The van der Waals surface area contributed by atoms with E-state index in [2.05, 4.69) is 15.7 Å². The molecule has 3 heterocycles. The minimum atomic E-state index is -1.13. The predicted molar refractivity (Wildman–Crippen MR) is 121 cm³/mol. The third-order valence-corrected chi connectivity index (χ3v) is 6.68. The zero-order valence-electron chi connectivity index (χ0n) is 18.2. The lowest BCUT2D eigenvalue weighted by Crippen LogP contribution is -2.62. The van der Waals surface area contributed by atoms with Crippen LogP contribution in [0.3, 0.4) is 0 Å². The first-order valence-corrected chi connectivity index (χ1v) is 11.2. The average Bonchev–Trinajstić information content (AvgIpc) is 3.45. The van der Waals surface area contributed by atoms with Gasteiger partial charge in [-0.05, 0) is 30.9 Å². The topological polar surface area (TPSA) is 96.3 Å². The van der Waals surface area contributed by atoms with Crippen LogP contribution in [0.25, 0.3) is 0 Å². The lowest BCUT2D eigenvalue weighted by atomic mass is 9.95. The molecule has 1 aromatic carbocycles. The lowest BCUT2D eigenvalue weighted by molar-refractivity contribution is -0.132. The summed E-state index contributed by atoms with van der Waals surface area (Å²) >= 11 is 1.55. The number of fused-ring (bicyclic) bond motifs is 1. The Bertz CT molecular complexity index is 1150. The Balaban J connectivity index is 1.47. The van der Waals surface area contributed by atoms with Crippen molar-refractivity contribution in [2.45, 2.75) is 39.0 Å². The molecule has 3 aromatic rings. The molecule has 0 aliphatic carbocycles. The van der Waals surface area contributed by atoms with E-state index >= 15 is 0 Å². The van der Waals surface area contributed by atoms with Crippen LogP contribution in [-0.2, 0) is 24.4 Å². The Morgan fingerprint density at radius 2 is 1.91 bits per heavy atom. The Kier molecular flexibility index (Phi) is 5.84. The van der Waals surface area contributed by atoms with Crippen molar-refractivity contribution in [3.63, 3.8) is 0 Å². The van der Waals surface area contributed by atoms with E-state index in [9.17, 15) is 14.4 Å².